The maximum atomic E-state index is 13.2. The predicted octanol–water partition coefficient (Wildman–Crippen LogP) is 5.87. The Balaban J connectivity index is 2.03. The fourth-order valence-electron chi connectivity index (χ4n) is 4.11. The molecule has 0 bridgehead atoms. The quantitative estimate of drug-likeness (QED) is 0.207. The van der Waals surface area contributed by atoms with Crippen LogP contribution in [0.15, 0.2) is 54.3 Å². The van der Waals surface area contributed by atoms with Crippen molar-refractivity contribution in [2.24, 2.45) is 5.84 Å². The second-order valence-electron chi connectivity index (χ2n) is 6.83. The molecule has 30 heavy (non-hydrogen) atoms. The number of halogens is 4. The van der Waals surface area contributed by atoms with Crippen LogP contribution in [0.3, 0.4) is 0 Å². The molecule has 3 aromatic rings. The highest BCUT2D eigenvalue weighted by atomic mass is 79.9. The Morgan fingerprint density at radius 3 is 1.90 bits per heavy atom. The Morgan fingerprint density at radius 1 is 0.867 bits per heavy atom. The summed E-state index contributed by atoms with van der Waals surface area (Å²) in [6.45, 7) is 0. The van der Waals surface area contributed by atoms with Crippen LogP contribution in [-0.2, 0) is 5.54 Å². The number of hydrazine groups is 1. The molecule has 0 aliphatic carbocycles. The summed E-state index contributed by atoms with van der Waals surface area (Å²) in [5, 5.41) is 22.1. The van der Waals surface area contributed by atoms with Crippen LogP contribution in [0.2, 0.25) is 0 Å². The first kappa shape index (κ1) is 20.3. The Kier molecular flexibility index (Phi) is 4.54. The molecule has 3 aromatic carbocycles. The number of ether oxygens (including phenoxy) is 1. The van der Waals surface area contributed by atoms with Crippen molar-refractivity contribution in [3.8, 4) is 23.0 Å². The minimum atomic E-state index is -1.26. The molecule has 2 aliphatic rings. The number of rotatable bonds is 0. The van der Waals surface area contributed by atoms with Crippen LogP contribution in [0, 0.1) is 0 Å². The lowest BCUT2D eigenvalue weighted by Gasteiger charge is -2.42. The SMILES string of the molecule is NN1C(=O)c2ccccc2C12c1cc(Br)c(O)c(Br)c1Oc1c2cc(Br)c(O)c1Br. The Hall–Kier alpha value is -1.59. The van der Waals surface area contributed by atoms with E-state index in [1.807, 2.05) is 12.1 Å². The number of amides is 1. The average molecular weight is 662 g/mol. The van der Waals surface area contributed by atoms with E-state index in [1.165, 1.54) is 5.01 Å². The number of fused-ring (bicyclic) bond motifs is 6. The third-order valence-corrected chi connectivity index (χ3v) is 8.09. The Morgan fingerprint density at radius 2 is 1.37 bits per heavy atom. The van der Waals surface area contributed by atoms with Gasteiger partial charge in [0.1, 0.15) is 26.0 Å². The van der Waals surface area contributed by atoms with E-state index in [0.717, 1.165) is 0 Å². The molecule has 5 rings (SSSR count). The highest BCUT2D eigenvalue weighted by Crippen LogP contribution is 2.62. The summed E-state index contributed by atoms with van der Waals surface area (Å²) in [4.78, 5) is 13.2. The minimum absolute atomic E-state index is 0.0639. The topological polar surface area (TPSA) is 96.0 Å². The maximum Gasteiger partial charge on any atom is 0.269 e. The largest absolute Gasteiger partial charge is 0.505 e. The first-order valence-corrected chi connectivity index (χ1v) is 11.7. The average Bonchev–Trinajstić information content (AvgIpc) is 2.95. The zero-order chi connectivity index (χ0) is 21.5. The van der Waals surface area contributed by atoms with Gasteiger partial charge in [-0.15, -0.1) is 0 Å². The van der Waals surface area contributed by atoms with E-state index in [0.29, 0.717) is 31.2 Å². The molecule has 0 radical (unpaired) electrons. The van der Waals surface area contributed by atoms with E-state index in [-0.39, 0.29) is 37.9 Å². The highest BCUT2D eigenvalue weighted by Gasteiger charge is 2.57. The monoisotopic (exact) mass is 658 g/mol. The van der Waals surface area contributed by atoms with Crippen LogP contribution in [-0.4, -0.2) is 21.1 Å². The first-order valence-electron chi connectivity index (χ1n) is 8.50. The number of nitrogens with zero attached hydrogens (tertiary/aromatic N) is 1. The summed E-state index contributed by atoms with van der Waals surface area (Å²) < 4.78 is 7.53. The molecule has 2 aliphatic heterocycles. The maximum absolute atomic E-state index is 13.2. The lowest BCUT2D eigenvalue weighted by Crippen LogP contribution is -2.51. The van der Waals surface area contributed by atoms with Gasteiger partial charge < -0.3 is 14.9 Å². The molecule has 0 aromatic heterocycles. The van der Waals surface area contributed by atoms with Gasteiger partial charge in [0.05, 0.1) is 8.95 Å². The first-order chi connectivity index (χ1) is 14.2. The van der Waals surface area contributed by atoms with Gasteiger partial charge in [0.25, 0.3) is 5.91 Å². The molecule has 152 valence electrons. The summed E-state index contributed by atoms with van der Waals surface area (Å²) in [5.41, 5.74) is 0.971. The standard InChI is InChI=1S/C20H10Br4N2O4/c21-11-5-9-17(13(23)15(11)27)30-18-10(6-12(22)16(28)14(18)24)20(9)8-4-2-1-3-7(8)19(29)26(20)25/h1-6,27-28H,25H2. The van der Waals surface area contributed by atoms with Crippen LogP contribution in [0.5, 0.6) is 23.0 Å². The normalized spacial score (nSPS) is 15.6. The third kappa shape index (κ3) is 2.34. The molecular weight excluding hydrogens is 652 g/mol. The van der Waals surface area contributed by atoms with Gasteiger partial charge in [-0.25, -0.2) is 5.84 Å². The van der Waals surface area contributed by atoms with Crippen LogP contribution in [0.4, 0.5) is 0 Å². The van der Waals surface area contributed by atoms with E-state index >= 15 is 0 Å². The van der Waals surface area contributed by atoms with Crippen molar-refractivity contribution in [2.45, 2.75) is 5.54 Å². The zero-order valence-electron chi connectivity index (χ0n) is 14.7. The second-order valence-corrected chi connectivity index (χ2v) is 10.1. The van der Waals surface area contributed by atoms with E-state index in [4.69, 9.17) is 10.6 Å². The van der Waals surface area contributed by atoms with Crippen molar-refractivity contribution in [3.05, 3.63) is 76.5 Å². The molecule has 10 heteroatoms. The summed E-state index contributed by atoms with van der Waals surface area (Å²) >= 11 is 13.5. The highest BCUT2D eigenvalue weighted by molar-refractivity contribution is 9.11. The predicted molar refractivity (Wildman–Crippen MR) is 124 cm³/mol. The van der Waals surface area contributed by atoms with Gasteiger partial charge in [0.15, 0.2) is 11.5 Å². The molecule has 6 nitrogen and oxygen atoms in total. The van der Waals surface area contributed by atoms with E-state index < -0.39 is 5.54 Å². The van der Waals surface area contributed by atoms with Gasteiger partial charge in [0.2, 0.25) is 0 Å². The van der Waals surface area contributed by atoms with Gasteiger partial charge in [-0.3, -0.25) is 9.80 Å². The van der Waals surface area contributed by atoms with Crippen LogP contribution >= 0.6 is 63.7 Å². The summed E-state index contributed by atoms with van der Waals surface area (Å²) in [7, 11) is 0. The van der Waals surface area contributed by atoms with Crippen LogP contribution in [0.1, 0.15) is 27.0 Å². The molecule has 0 atom stereocenters. The summed E-state index contributed by atoms with van der Waals surface area (Å²) in [6, 6.07) is 10.5. The fraction of sp³-hybridized carbons (Fsp3) is 0.0500. The molecule has 2 heterocycles. The Bertz CT molecular complexity index is 1230. The number of carbonyl (C=O) groups excluding carboxylic acids is 1. The number of phenols is 2. The van der Waals surface area contributed by atoms with Crippen molar-refractivity contribution in [2.75, 3.05) is 0 Å². The second kappa shape index (κ2) is 6.70. The number of hydrogen-bond donors (Lipinski definition) is 3. The van der Waals surface area contributed by atoms with Gasteiger partial charge in [-0.2, -0.15) is 0 Å². The molecule has 0 fully saturated rings. The van der Waals surface area contributed by atoms with Crippen molar-refractivity contribution >= 4 is 69.6 Å². The Labute approximate surface area is 204 Å². The summed E-state index contributed by atoms with van der Waals surface area (Å²) in [6.07, 6.45) is 0. The van der Waals surface area contributed by atoms with Gasteiger partial charge in [-0.1, -0.05) is 18.2 Å². The fourth-order valence-corrected chi connectivity index (χ4v) is 6.52. The molecule has 0 saturated carbocycles. The molecule has 0 unspecified atom stereocenters. The minimum Gasteiger partial charge on any atom is -0.505 e. The number of phenolic OH excluding ortho intramolecular Hbond substituents is 2. The summed E-state index contributed by atoms with van der Waals surface area (Å²) in [5.74, 6) is 6.57. The van der Waals surface area contributed by atoms with Crippen LogP contribution in [0.25, 0.3) is 0 Å². The molecule has 1 spiro atoms. The smallest absolute Gasteiger partial charge is 0.269 e. The number of hydrogen-bond acceptors (Lipinski definition) is 5. The van der Waals surface area contributed by atoms with Gasteiger partial charge in [0, 0.05) is 22.3 Å². The lowest BCUT2D eigenvalue weighted by molar-refractivity contribution is 0.0664. The number of nitrogens with two attached hydrogens (primary N) is 1. The van der Waals surface area contributed by atoms with Crippen LogP contribution < -0.4 is 10.6 Å². The van der Waals surface area contributed by atoms with Crippen molar-refractivity contribution in [1.29, 1.82) is 0 Å². The van der Waals surface area contributed by atoms with Crippen molar-refractivity contribution in [1.82, 2.24) is 5.01 Å². The van der Waals surface area contributed by atoms with E-state index in [9.17, 15) is 15.0 Å². The number of benzene rings is 3. The zero-order valence-corrected chi connectivity index (χ0v) is 21.1. The molecule has 0 saturated heterocycles. The molecular formula is C20H10Br4N2O4. The van der Waals surface area contributed by atoms with E-state index in [1.54, 1.807) is 24.3 Å². The molecule has 4 N–H and O–H groups in total. The van der Waals surface area contributed by atoms with E-state index in [2.05, 4.69) is 63.7 Å². The number of aromatic hydroxyl groups is 2. The van der Waals surface area contributed by atoms with Gasteiger partial charge >= 0.3 is 0 Å². The third-order valence-electron chi connectivity index (χ3n) is 5.41. The van der Waals surface area contributed by atoms with Gasteiger partial charge in [-0.05, 0) is 81.9 Å². The van der Waals surface area contributed by atoms with Crippen molar-refractivity contribution in [3.63, 3.8) is 0 Å². The number of carbonyl (C=O) groups is 1. The lowest BCUT2D eigenvalue weighted by atomic mass is 9.75. The molecule has 1 amide bonds. The van der Waals surface area contributed by atoms with Crippen molar-refractivity contribution < 1.29 is 19.7 Å².